The van der Waals surface area contributed by atoms with E-state index >= 15 is 0 Å². The minimum atomic E-state index is -0.113. The Kier molecular flexibility index (Phi) is 5.79. The topological polar surface area (TPSA) is 29.5 Å². The average molecular weight is 466 g/mol. The summed E-state index contributed by atoms with van der Waals surface area (Å²) in [5, 5.41) is -0.113. The van der Waals surface area contributed by atoms with E-state index in [1.807, 2.05) is 59.5 Å². The van der Waals surface area contributed by atoms with E-state index in [9.17, 15) is 4.79 Å². The molecule has 4 rings (SSSR count). The molecule has 146 valence electrons. The number of carbonyl (C=O) groups is 1. The van der Waals surface area contributed by atoms with Gasteiger partial charge in [0.25, 0.3) is 5.91 Å². The van der Waals surface area contributed by atoms with Crippen molar-refractivity contribution in [3.63, 3.8) is 0 Å². The molecule has 0 unspecified atom stereocenters. The molecule has 3 aromatic rings. The standard InChI is InChI=1S/C24H20BrNO2S/c1-16-3-7-18(8-4-16)24-26(20-11-13-21(28-2)14-12-20)23(27)22(29-24)15-17-5-9-19(25)10-6-17/h3-15,24H,1-2H3/b22-15+/t24-/m0/s1. The molecule has 3 nitrogen and oxygen atoms in total. The highest BCUT2D eigenvalue weighted by Crippen LogP contribution is 2.48. The molecule has 3 aromatic carbocycles. The molecular formula is C24H20BrNO2S. The van der Waals surface area contributed by atoms with Crippen LogP contribution in [0.2, 0.25) is 0 Å². The smallest absolute Gasteiger partial charge is 0.266 e. The van der Waals surface area contributed by atoms with Crippen LogP contribution >= 0.6 is 27.7 Å². The number of anilines is 1. The first-order valence-electron chi connectivity index (χ1n) is 9.23. The second kappa shape index (κ2) is 8.47. The number of ether oxygens (including phenoxy) is 1. The predicted octanol–water partition coefficient (Wildman–Crippen LogP) is 6.59. The predicted molar refractivity (Wildman–Crippen MR) is 124 cm³/mol. The van der Waals surface area contributed by atoms with Crippen LogP contribution in [-0.4, -0.2) is 13.0 Å². The van der Waals surface area contributed by atoms with Crippen molar-refractivity contribution in [2.24, 2.45) is 0 Å². The van der Waals surface area contributed by atoms with E-state index in [-0.39, 0.29) is 11.3 Å². The van der Waals surface area contributed by atoms with Gasteiger partial charge in [-0.3, -0.25) is 9.69 Å². The monoisotopic (exact) mass is 465 g/mol. The summed E-state index contributed by atoms with van der Waals surface area (Å²) >= 11 is 5.04. The zero-order chi connectivity index (χ0) is 20.4. The van der Waals surface area contributed by atoms with E-state index in [2.05, 4.69) is 47.1 Å². The van der Waals surface area contributed by atoms with Gasteiger partial charge in [0.2, 0.25) is 0 Å². The number of hydrogen-bond donors (Lipinski definition) is 0. The zero-order valence-corrected chi connectivity index (χ0v) is 18.5. The minimum absolute atomic E-state index is 0.00802. The molecule has 0 aliphatic carbocycles. The van der Waals surface area contributed by atoms with Crippen LogP contribution < -0.4 is 9.64 Å². The number of thioether (sulfide) groups is 1. The van der Waals surface area contributed by atoms with Crippen molar-refractivity contribution in [3.8, 4) is 5.75 Å². The van der Waals surface area contributed by atoms with Gasteiger partial charge < -0.3 is 4.74 Å². The van der Waals surface area contributed by atoms with Crippen LogP contribution in [0, 0.1) is 6.92 Å². The lowest BCUT2D eigenvalue weighted by molar-refractivity contribution is -0.114. The number of benzene rings is 3. The first kappa shape index (κ1) is 19.8. The van der Waals surface area contributed by atoms with Crippen LogP contribution in [0.15, 0.2) is 82.2 Å². The molecule has 0 spiro atoms. The number of hydrogen-bond acceptors (Lipinski definition) is 3. The van der Waals surface area contributed by atoms with Crippen molar-refractivity contribution in [2.75, 3.05) is 12.0 Å². The Morgan fingerprint density at radius 2 is 1.62 bits per heavy atom. The molecule has 0 N–H and O–H groups in total. The number of aryl methyl sites for hydroxylation is 1. The van der Waals surface area contributed by atoms with Crippen molar-refractivity contribution in [1.29, 1.82) is 0 Å². The van der Waals surface area contributed by atoms with Gasteiger partial charge >= 0.3 is 0 Å². The molecule has 29 heavy (non-hydrogen) atoms. The summed E-state index contributed by atoms with van der Waals surface area (Å²) in [5.41, 5.74) is 4.16. The molecule has 1 amide bonds. The van der Waals surface area contributed by atoms with E-state index < -0.39 is 0 Å². The largest absolute Gasteiger partial charge is 0.497 e. The SMILES string of the molecule is COc1ccc(N2C(=O)/C(=C\c3ccc(Br)cc3)S[C@H]2c2ccc(C)cc2)cc1. The molecular weight excluding hydrogens is 446 g/mol. The van der Waals surface area contributed by atoms with Gasteiger partial charge in [0, 0.05) is 10.2 Å². The minimum Gasteiger partial charge on any atom is -0.497 e. The fourth-order valence-corrected chi connectivity index (χ4v) is 4.72. The summed E-state index contributed by atoms with van der Waals surface area (Å²) in [6.45, 7) is 2.07. The Hall–Kier alpha value is -2.50. The van der Waals surface area contributed by atoms with Crippen LogP contribution in [0.5, 0.6) is 5.75 Å². The lowest BCUT2D eigenvalue weighted by Crippen LogP contribution is -2.27. The number of methoxy groups -OCH3 is 1. The van der Waals surface area contributed by atoms with Gasteiger partial charge in [-0.25, -0.2) is 0 Å². The maximum Gasteiger partial charge on any atom is 0.266 e. The van der Waals surface area contributed by atoms with Crippen LogP contribution in [0.4, 0.5) is 5.69 Å². The molecule has 1 fully saturated rings. The number of carbonyl (C=O) groups excluding carboxylic acids is 1. The van der Waals surface area contributed by atoms with Crippen molar-refractivity contribution in [3.05, 3.63) is 98.9 Å². The molecule has 0 radical (unpaired) electrons. The van der Waals surface area contributed by atoms with Crippen molar-refractivity contribution in [2.45, 2.75) is 12.3 Å². The van der Waals surface area contributed by atoms with Gasteiger partial charge in [-0.1, -0.05) is 69.7 Å². The number of amides is 1. The second-order valence-corrected chi connectivity index (χ2v) is 8.85. The second-order valence-electron chi connectivity index (χ2n) is 6.81. The molecule has 5 heteroatoms. The Morgan fingerprint density at radius 3 is 2.24 bits per heavy atom. The normalized spacial score (nSPS) is 17.8. The zero-order valence-electron chi connectivity index (χ0n) is 16.1. The molecule has 1 atom stereocenters. The van der Waals surface area contributed by atoms with Crippen LogP contribution in [-0.2, 0) is 4.79 Å². The van der Waals surface area contributed by atoms with Crippen molar-refractivity contribution < 1.29 is 9.53 Å². The Morgan fingerprint density at radius 1 is 0.966 bits per heavy atom. The molecule has 0 saturated carbocycles. The Balaban J connectivity index is 1.74. The van der Waals surface area contributed by atoms with E-state index in [0.717, 1.165) is 31.9 Å². The van der Waals surface area contributed by atoms with Gasteiger partial charge in [-0.2, -0.15) is 0 Å². The van der Waals surface area contributed by atoms with Crippen molar-refractivity contribution >= 4 is 45.4 Å². The highest BCUT2D eigenvalue weighted by Gasteiger charge is 2.38. The molecule has 1 aliphatic heterocycles. The summed E-state index contributed by atoms with van der Waals surface area (Å²) < 4.78 is 6.29. The first-order chi connectivity index (χ1) is 14.0. The quantitative estimate of drug-likeness (QED) is 0.407. The van der Waals surface area contributed by atoms with Gasteiger partial charge in [0.05, 0.1) is 12.0 Å². The molecule has 1 aliphatic rings. The number of rotatable bonds is 4. The Bertz CT molecular complexity index is 1040. The van der Waals surface area contributed by atoms with E-state index in [1.54, 1.807) is 18.9 Å². The fourth-order valence-electron chi connectivity index (χ4n) is 3.20. The van der Waals surface area contributed by atoms with Crippen LogP contribution in [0.1, 0.15) is 22.1 Å². The highest BCUT2D eigenvalue weighted by molar-refractivity contribution is 9.10. The molecule has 1 heterocycles. The van der Waals surface area contributed by atoms with Crippen molar-refractivity contribution in [1.82, 2.24) is 0 Å². The number of nitrogens with zero attached hydrogens (tertiary/aromatic N) is 1. The Labute approximate surface area is 183 Å². The summed E-state index contributed by atoms with van der Waals surface area (Å²) in [5.74, 6) is 0.777. The van der Waals surface area contributed by atoms with Gasteiger partial charge in [-0.05, 0) is 60.5 Å². The maximum atomic E-state index is 13.4. The molecule has 0 bridgehead atoms. The van der Waals surface area contributed by atoms with Crippen LogP contribution in [0.25, 0.3) is 6.08 Å². The fraction of sp³-hybridized carbons (Fsp3) is 0.125. The lowest BCUT2D eigenvalue weighted by Gasteiger charge is -2.24. The third-order valence-electron chi connectivity index (χ3n) is 4.78. The highest BCUT2D eigenvalue weighted by atomic mass is 79.9. The van der Waals surface area contributed by atoms with Gasteiger partial charge in [0.1, 0.15) is 11.1 Å². The molecule has 1 saturated heterocycles. The summed E-state index contributed by atoms with van der Waals surface area (Å²) in [6.07, 6.45) is 1.96. The molecule has 0 aromatic heterocycles. The van der Waals surface area contributed by atoms with Gasteiger partial charge in [-0.15, -0.1) is 0 Å². The van der Waals surface area contributed by atoms with E-state index in [0.29, 0.717) is 0 Å². The lowest BCUT2D eigenvalue weighted by atomic mass is 10.1. The summed E-state index contributed by atoms with van der Waals surface area (Å²) in [4.78, 5) is 16.0. The number of halogens is 1. The first-order valence-corrected chi connectivity index (χ1v) is 10.9. The van der Waals surface area contributed by atoms with E-state index in [4.69, 9.17) is 4.74 Å². The van der Waals surface area contributed by atoms with Crippen LogP contribution in [0.3, 0.4) is 0 Å². The average Bonchev–Trinajstić information content (AvgIpc) is 3.06. The maximum absolute atomic E-state index is 13.4. The summed E-state index contributed by atoms with van der Waals surface area (Å²) in [7, 11) is 1.64. The third-order valence-corrected chi connectivity index (χ3v) is 6.56. The van der Waals surface area contributed by atoms with E-state index in [1.165, 1.54) is 5.56 Å². The third kappa shape index (κ3) is 4.26. The van der Waals surface area contributed by atoms with Gasteiger partial charge in [0.15, 0.2) is 0 Å². The summed E-state index contributed by atoms with van der Waals surface area (Å²) in [6, 6.07) is 24.0.